The number of aryl methyl sites for hydroxylation is 1. The van der Waals surface area contributed by atoms with Crippen LogP contribution in [-0.4, -0.2) is 11.9 Å². The second-order valence-corrected chi connectivity index (χ2v) is 8.08. The molecule has 0 amide bonds. The SMILES string of the molecule is Cc1ccc(Sc2ccc(/C=C(/C#N)C3=NN(c4ccccc4)[C@@H](N)[C@H]3C#N)o2)cc1. The van der Waals surface area contributed by atoms with E-state index in [2.05, 4.69) is 17.2 Å². The molecular weight excluding hydrogens is 406 g/mol. The molecule has 2 aromatic carbocycles. The molecule has 7 heteroatoms. The normalized spacial score (nSPS) is 18.4. The lowest BCUT2D eigenvalue weighted by Crippen LogP contribution is -2.40. The summed E-state index contributed by atoms with van der Waals surface area (Å²) in [7, 11) is 0. The third kappa shape index (κ3) is 4.39. The van der Waals surface area contributed by atoms with Crippen LogP contribution in [0, 0.1) is 35.5 Å². The first-order chi connectivity index (χ1) is 15.1. The molecule has 0 spiro atoms. The summed E-state index contributed by atoms with van der Waals surface area (Å²) in [6.07, 6.45) is 0.923. The highest BCUT2D eigenvalue weighted by atomic mass is 32.2. The van der Waals surface area contributed by atoms with E-state index in [9.17, 15) is 10.5 Å². The smallest absolute Gasteiger partial charge is 0.165 e. The van der Waals surface area contributed by atoms with Crippen molar-refractivity contribution < 1.29 is 4.42 Å². The van der Waals surface area contributed by atoms with E-state index in [4.69, 9.17) is 10.2 Å². The molecule has 4 rings (SSSR count). The predicted octanol–water partition coefficient (Wildman–Crippen LogP) is 4.95. The van der Waals surface area contributed by atoms with Crippen molar-refractivity contribution in [1.29, 1.82) is 10.5 Å². The number of nitrogens with zero attached hydrogens (tertiary/aromatic N) is 4. The topological polar surface area (TPSA) is 102 Å². The maximum atomic E-state index is 9.76. The zero-order valence-corrected chi connectivity index (χ0v) is 17.6. The van der Waals surface area contributed by atoms with Gasteiger partial charge in [-0.2, -0.15) is 15.6 Å². The molecule has 0 fully saturated rings. The molecule has 0 aliphatic carbocycles. The summed E-state index contributed by atoms with van der Waals surface area (Å²) in [5.74, 6) is -0.222. The molecule has 31 heavy (non-hydrogen) atoms. The fourth-order valence-corrected chi connectivity index (χ4v) is 3.99. The summed E-state index contributed by atoms with van der Waals surface area (Å²) in [5.41, 5.74) is 8.81. The summed E-state index contributed by atoms with van der Waals surface area (Å²) in [5, 5.41) is 26.2. The average molecular weight is 426 g/mol. The Hall–Kier alpha value is -3.78. The van der Waals surface area contributed by atoms with Crippen molar-refractivity contribution >= 4 is 29.2 Å². The van der Waals surface area contributed by atoms with Gasteiger partial charge in [-0.25, -0.2) is 5.01 Å². The first-order valence-corrected chi connectivity index (χ1v) is 10.4. The van der Waals surface area contributed by atoms with Gasteiger partial charge in [-0.3, -0.25) is 0 Å². The van der Waals surface area contributed by atoms with Gasteiger partial charge in [-0.15, -0.1) is 0 Å². The van der Waals surface area contributed by atoms with E-state index in [0.717, 1.165) is 10.6 Å². The number of nitriles is 2. The van der Waals surface area contributed by atoms with Crippen LogP contribution in [0.15, 0.2) is 91.8 Å². The molecule has 2 N–H and O–H groups in total. The summed E-state index contributed by atoms with van der Waals surface area (Å²) in [6, 6.07) is 25.5. The van der Waals surface area contributed by atoms with E-state index >= 15 is 0 Å². The van der Waals surface area contributed by atoms with Crippen LogP contribution in [0.5, 0.6) is 0 Å². The summed E-state index contributed by atoms with van der Waals surface area (Å²) in [6.45, 7) is 2.04. The number of anilines is 1. The van der Waals surface area contributed by atoms with Crippen LogP contribution < -0.4 is 10.7 Å². The predicted molar refractivity (Wildman–Crippen MR) is 121 cm³/mol. The van der Waals surface area contributed by atoms with Crippen LogP contribution in [0.3, 0.4) is 0 Å². The van der Waals surface area contributed by atoms with Gasteiger partial charge in [0.15, 0.2) is 5.09 Å². The second-order valence-electron chi connectivity index (χ2n) is 7.00. The van der Waals surface area contributed by atoms with Crippen LogP contribution in [0.4, 0.5) is 5.69 Å². The van der Waals surface area contributed by atoms with Crippen molar-refractivity contribution in [3.05, 3.63) is 83.6 Å². The Morgan fingerprint density at radius 3 is 2.52 bits per heavy atom. The molecule has 0 saturated heterocycles. The molecule has 3 aromatic rings. The van der Waals surface area contributed by atoms with Gasteiger partial charge in [0.2, 0.25) is 0 Å². The molecule has 0 saturated carbocycles. The summed E-state index contributed by atoms with van der Waals surface area (Å²) < 4.78 is 5.87. The number of para-hydroxylation sites is 1. The molecule has 6 nitrogen and oxygen atoms in total. The van der Waals surface area contributed by atoms with Crippen molar-refractivity contribution in [2.24, 2.45) is 16.8 Å². The van der Waals surface area contributed by atoms with Crippen LogP contribution in [0.2, 0.25) is 0 Å². The number of benzene rings is 2. The number of rotatable bonds is 5. The monoisotopic (exact) mass is 425 g/mol. The van der Waals surface area contributed by atoms with E-state index in [0.29, 0.717) is 16.6 Å². The van der Waals surface area contributed by atoms with E-state index < -0.39 is 12.1 Å². The van der Waals surface area contributed by atoms with Gasteiger partial charge in [0, 0.05) is 11.0 Å². The first kappa shape index (κ1) is 20.5. The maximum Gasteiger partial charge on any atom is 0.165 e. The molecule has 2 heterocycles. The van der Waals surface area contributed by atoms with Crippen LogP contribution in [-0.2, 0) is 0 Å². The standard InChI is InChI=1S/C24H19N5OS/c1-16-7-10-20(11-8-16)31-22-12-9-19(30-22)13-17(14-25)23-21(15-26)24(27)29(28-23)18-5-3-2-4-6-18/h2-13,21,24H,27H2,1H3/b17-13-/t21-,24+/m0/s1. The van der Waals surface area contributed by atoms with Crippen molar-refractivity contribution in [1.82, 2.24) is 0 Å². The largest absolute Gasteiger partial charge is 0.450 e. The Bertz CT molecular complexity index is 1220. The number of furan rings is 1. The van der Waals surface area contributed by atoms with E-state index in [-0.39, 0.29) is 5.57 Å². The minimum absolute atomic E-state index is 0.252. The molecule has 1 aromatic heterocycles. The molecule has 152 valence electrons. The van der Waals surface area contributed by atoms with Crippen LogP contribution in [0.1, 0.15) is 11.3 Å². The van der Waals surface area contributed by atoms with Crippen molar-refractivity contribution in [2.45, 2.75) is 23.1 Å². The fourth-order valence-electron chi connectivity index (χ4n) is 3.21. The number of hydrogen-bond acceptors (Lipinski definition) is 7. The van der Waals surface area contributed by atoms with E-state index in [1.807, 2.05) is 67.6 Å². The first-order valence-electron chi connectivity index (χ1n) is 9.63. The molecule has 0 unspecified atom stereocenters. The number of nitrogens with two attached hydrogens (primary N) is 1. The molecular formula is C24H19N5OS. The molecule has 2 atom stereocenters. The number of hydrogen-bond donors (Lipinski definition) is 1. The minimum Gasteiger partial charge on any atom is -0.450 e. The van der Waals surface area contributed by atoms with E-state index in [1.165, 1.54) is 17.3 Å². The second kappa shape index (κ2) is 8.93. The van der Waals surface area contributed by atoms with Gasteiger partial charge in [-0.05, 0) is 43.3 Å². The average Bonchev–Trinajstić information content (AvgIpc) is 3.37. The lowest BCUT2D eigenvalue weighted by molar-refractivity contribution is 0.466. The Kier molecular flexibility index (Phi) is 5.90. The molecule has 0 radical (unpaired) electrons. The Morgan fingerprint density at radius 2 is 1.84 bits per heavy atom. The minimum atomic E-state index is -0.734. The van der Waals surface area contributed by atoms with Gasteiger partial charge in [0.25, 0.3) is 0 Å². The van der Waals surface area contributed by atoms with Gasteiger partial charge >= 0.3 is 0 Å². The Labute approximate surface area is 184 Å². The van der Waals surface area contributed by atoms with Crippen LogP contribution in [0.25, 0.3) is 6.08 Å². The lowest BCUT2D eigenvalue weighted by atomic mass is 9.96. The quantitative estimate of drug-likeness (QED) is 0.581. The summed E-state index contributed by atoms with van der Waals surface area (Å²) >= 11 is 1.50. The summed E-state index contributed by atoms with van der Waals surface area (Å²) in [4.78, 5) is 1.06. The van der Waals surface area contributed by atoms with Crippen molar-refractivity contribution in [2.75, 3.05) is 5.01 Å². The number of allylic oxidation sites excluding steroid dienone is 1. The highest BCUT2D eigenvalue weighted by molar-refractivity contribution is 7.99. The maximum absolute atomic E-state index is 9.76. The fraction of sp³-hybridized carbons (Fsp3) is 0.125. The van der Waals surface area contributed by atoms with Crippen molar-refractivity contribution in [3.63, 3.8) is 0 Å². The van der Waals surface area contributed by atoms with E-state index in [1.54, 1.807) is 17.2 Å². The molecule has 1 aliphatic heterocycles. The zero-order chi connectivity index (χ0) is 21.8. The van der Waals surface area contributed by atoms with Crippen molar-refractivity contribution in [3.8, 4) is 12.1 Å². The molecule has 0 bridgehead atoms. The van der Waals surface area contributed by atoms with Gasteiger partial charge in [0.05, 0.1) is 23.0 Å². The number of hydrazone groups is 1. The lowest BCUT2D eigenvalue weighted by Gasteiger charge is -2.21. The van der Waals surface area contributed by atoms with Gasteiger partial charge < -0.3 is 10.2 Å². The third-order valence-corrected chi connectivity index (χ3v) is 5.75. The zero-order valence-electron chi connectivity index (χ0n) is 16.8. The third-order valence-electron chi connectivity index (χ3n) is 4.82. The highest BCUT2D eigenvalue weighted by Gasteiger charge is 2.37. The Morgan fingerprint density at radius 1 is 1.10 bits per heavy atom. The molecule has 1 aliphatic rings. The van der Waals surface area contributed by atoms with Gasteiger partial charge in [-0.1, -0.05) is 47.7 Å². The highest BCUT2D eigenvalue weighted by Crippen LogP contribution is 2.32. The Balaban J connectivity index is 1.60. The van der Waals surface area contributed by atoms with Crippen LogP contribution >= 0.6 is 11.8 Å². The van der Waals surface area contributed by atoms with Gasteiger partial charge in [0.1, 0.15) is 23.9 Å².